The van der Waals surface area contributed by atoms with Gasteiger partial charge in [0.2, 0.25) is 0 Å². The molecule has 30 heavy (non-hydrogen) atoms. The van der Waals surface area contributed by atoms with E-state index in [2.05, 4.69) is 23.1 Å². The van der Waals surface area contributed by atoms with E-state index in [0.717, 1.165) is 12.8 Å². The van der Waals surface area contributed by atoms with Crippen molar-refractivity contribution in [3.8, 4) is 17.2 Å². The maximum atomic E-state index is 12.2. The van der Waals surface area contributed by atoms with Crippen LogP contribution in [0.25, 0.3) is 0 Å². The molecule has 9 heteroatoms. The van der Waals surface area contributed by atoms with Gasteiger partial charge in [-0.05, 0) is 55.0 Å². The van der Waals surface area contributed by atoms with E-state index in [1.807, 2.05) is 0 Å². The quantitative estimate of drug-likeness (QED) is 0.319. The minimum Gasteiger partial charge on any atom is -0.494 e. The third kappa shape index (κ3) is 7.59. The molecule has 2 aromatic carbocycles. The summed E-state index contributed by atoms with van der Waals surface area (Å²) in [5.74, 6) is 0.761. The Bertz CT molecular complexity index is 858. The lowest BCUT2D eigenvalue weighted by atomic mass is 10.2. The molecule has 2 amide bonds. The summed E-state index contributed by atoms with van der Waals surface area (Å²) in [5.41, 5.74) is 5.22. The smallest absolute Gasteiger partial charge is 0.276 e. The number of rotatable bonds is 9. The van der Waals surface area contributed by atoms with E-state index in [1.165, 1.54) is 7.11 Å². The summed E-state index contributed by atoms with van der Waals surface area (Å²) >= 11 is 5.02. The molecule has 0 spiro atoms. The van der Waals surface area contributed by atoms with Gasteiger partial charge in [-0.2, -0.15) is 0 Å². The molecule has 0 aliphatic carbocycles. The van der Waals surface area contributed by atoms with Gasteiger partial charge in [0.25, 0.3) is 11.8 Å². The summed E-state index contributed by atoms with van der Waals surface area (Å²) in [4.78, 5) is 24.1. The zero-order valence-corrected chi connectivity index (χ0v) is 17.7. The van der Waals surface area contributed by atoms with Crippen molar-refractivity contribution >= 4 is 29.1 Å². The third-order valence-corrected chi connectivity index (χ3v) is 4.06. The number of hydrogen-bond acceptors (Lipinski definition) is 6. The fourth-order valence-electron chi connectivity index (χ4n) is 2.29. The zero-order valence-electron chi connectivity index (χ0n) is 16.9. The van der Waals surface area contributed by atoms with Gasteiger partial charge in [-0.15, -0.1) is 0 Å². The molecule has 0 atom stereocenters. The van der Waals surface area contributed by atoms with Crippen LogP contribution in [-0.2, 0) is 4.79 Å². The summed E-state index contributed by atoms with van der Waals surface area (Å²) in [6.07, 6.45) is 2.02. The molecule has 0 radical (unpaired) electrons. The van der Waals surface area contributed by atoms with Crippen molar-refractivity contribution in [3.05, 3.63) is 54.1 Å². The summed E-state index contributed by atoms with van der Waals surface area (Å²) in [6.45, 7) is 2.46. The lowest BCUT2D eigenvalue weighted by Gasteiger charge is -2.12. The first kappa shape index (κ1) is 23.0. The number of para-hydroxylation sites is 2. The second-order valence-electron chi connectivity index (χ2n) is 6.12. The van der Waals surface area contributed by atoms with Gasteiger partial charge in [0.05, 0.1) is 13.7 Å². The SMILES string of the molecule is CCCCOc1ccc(C(=O)NC(=S)NNC(=O)COc2ccccc2OC)cc1. The lowest BCUT2D eigenvalue weighted by molar-refractivity contribution is -0.123. The molecule has 0 heterocycles. The number of benzene rings is 2. The van der Waals surface area contributed by atoms with E-state index in [0.29, 0.717) is 29.4 Å². The van der Waals surface area contributed by atoms with Crippen LogP contribution in [0, 0.1) is 0 Å². The number of amides is 2. The van der Waals surface area contributed by atoms with Crippen LogP contribution < -0.4 is 30.4 Å². The molecule has 0 aromatic heterocycles. The number of unbranched alkanes of at least 4 members (excludes halogenated alkanes) is 1. The summed E-state index contributed by atoms with van der Waals surface area (Å²) in [7, 11) is 1.51. The Labute approximate surface area is 180 Å². The average Bonchev–Trinajstić information content (AvgIpc) is 2.77. The van der Waals surface area contributed by atoms with Crippen molar-refractivity contribution in [3.63, 3.8) is 0 Å². The molecule has 8 nitrogen and oxygen atoms in total. The first-order valence-electron chi connectivity index (χ1n) is 9.42. The first-order valence-corrected chi connectivity index (χ1v) is 9.83. The molecule has 0 aliphatic rings. The highest BCUT2D eigenvalue weighted by atomic mass is 32.1. The fraction of sp³-hybridized carbons (Fsp3) is 0.286. The topological polar surface area (TPSA) is 97.9 Å². The van der Waals surface area contributed by atoms with Crippen molar-refractivity contribution in [2.24, 2.45) is 0 Å². The summed E-state index contributed by atoms with van der Waals surface area (Å²) < 4.78 is 16.1. The van der Waals surface area contributed by atoms with Crippen molar-refractivity contribution in [2.75, 3.05) is 20.3 Å². The number of ether oxygens (including phenoxy) is 3. The molecule has 2 aromatic rings. The summed E-state index contributed by atoms with van der Waals surface area (Å²) in [5, 5.41) is 2.43. The maximum absolute atomic E-state index is 12.2. The lowest BCUT2D eigenvalue weighted by Crippen LogP contribution is -2.49. The van der Waals surface area contributed by atoms with Gasteiger partial charge in [-0.1, -0.05) is 25.5 Å². The molecule has 0 aliphatic heterocycles. The van der Waals surface area contributed by atoms with Crippen LogP contribution in [0.15, 0.2) is 48.5 Å². The minimum absolute atomic E-state index is 0.0473. The molecule has 160 valence electrons. The first-order chi connectivity index (χ1) is 14.5. The van der Waals surface area contributed by atoms with Crippen LogP contribution in [0.5, 0.6) is 17.2 Å². The normalized spacial score (nSPS) is 9.93. The molecule has 0 saturated carbocycles. The van der Waals surface area contributed by atoms with Gasteiger partial charge in [-0.3, -0.25) is 25.8 Å². The number of hydrogen-bond donors (Lipinski definition) is 3. The van der Waals surface area contributed by atoms with Crippen molar-refractivity contribution in [1.82, 2.24) is 16.2 Å². The molecule has 0 saturated heterocycles. The molecule has 0 bridgehead atoms. The fourth-order valence-corrected chi connectivity index (χ4v) is 2.43. The monoisotopic (exact) mass is 431 g/mol. The van der Waals surface area contributed by atoms with E-state index in [9.17, 15) is 9.59 Å². The predicted octanol–water partition coefficient (Wildman–Crippen LogP) is 2.59. The van der Waals surface area contributed by atoms with Gasteiger partial charge < -0.3 is 14.2 Å². The number of thiocarbonyl (C=S) groups is 1. The van der Waals surface area contributed by atoms with Crippen LogP contribution >= 0.6 is 12.2 Å². The van der Waals surface area contributed by atoms with E-state index in [1.54, 1.807) is 48.5 Å². The van der Waals surface area contributed by atoms with Gasteiger partial charge in [0.15, 0.2) is 23.2 Å². The largest absolute Gasteiger partial charge is 0.494 e. The predicted molar refractivity (Wildman–Crippen MR) is 117 cm³/mol. The standard InChI is InChI=1S/C21H25N3O5S/c1-3-4-13-28-16-11-9-15(10-12-16)20(26)22-21(30)24-23-19(25)14-29-18-8-6-5-7-17(18)27-2/h5-12H,3-4,13-14H2,1-2H3,(H,23,25)(H2,22,24,26,30). The van der Waals surface area contributed by atoms with Gasteiger partial charge >= 0.3 is 0 Å². The van der Waals surface area contributed by atoms with Gasteiger partial charge in [-0.25, -0.2) is 0 Å². The Morgan fingerprint density at radius 3 is 2.33 bits per heavy atom. The van der Waals surface area contributed by atoms with Crippen molar-refractivity contribution in [2.45, 2.75) is 19.8 Å². The number of hydrazine groups is 1. The van der Waals surface area contributed by atoms with Crippen LogP contribution in [0.4, 0.5) is 0 Å². The zero-order chi connectivity index (χ0) is 21.8. The average molecular weight is 432 g/mol. The Morgan fingerprint density at radius 2 is 1.67 bits per heavy atom. The Hall–Kier alpha value is -3.33. The molecular weight excluding hydrogens is 406 g/mol. The molecule has 0 fully saturated rings. The Kier molecular flexibility index (Phi) is 9.39. The van der Waals surface area contributed by atoms with Crippen LogP contribution in [0.3, 0.4) is 0 Å². The number of carbonyl (C=O) groups excluding carboxylic acids is 2. The number of carbonyl (C=O) groups is 2. The number of methoxy groups -OCH3 is 1. The van der Waals surface area contributed by atoms with Crippen LogP contribution in [0.2, 0.25) is 0 Å². The minimum atomic E-state index is -0.480. The van der Waals surface area contributed by atoms with Crippen LogP contribution in [0.1, 0.15) is 30.1 Å². The van der Waals surface area contributed by atoms with E-state index in [4.69, 9.17) is 26.4 Å². The molecule has 2 rings (SSSR count). The third-order valence-electron chi connectivity index (χ3n) is 3.85. The number of nitrogens with one attached hydrogen (secondary N) is 3. The Morgan fingerprint density at radius 1 is 0.967 bits per heavy atom. The van der Waals surface area contributed by atoms with E-state index in [-0.39, 0.29) is 11.7 Å². The Balaban J connectivity index is 1.73. The maximum Gasteiger partial charge on any atom is 0.276 e. The highest BCUT2D eigenvalue weighted by molar-refractivity contribution is 7.80. The van der Waals surface area contributed by atoms with Gasteiger partial charge in [0.1, 0.15) is 5.75 Å². The highest BCUT2D eigenvalue weighted by Gasteiger charge is 2.10. The van der Waals surface area contributed by atoms with E-state index < -0.39 is 11.8 Å². The van der Waals surface area contributed by atoms with Crippen LogP contribution in [-0.4, -0.2) is 37.3 Å². The highest BCUT2D eigenvalue weighted by Crippen LogP contribution is 2.25. The molecule has 0 unspecified atom stereocenters. The van der Waals surface area contributed by atoms with Gasteiger partial charge in [0, 0.05) is 5.56 Å². The molecule has 3 N–H and O–H groups in total. The second kappa shape index (κ2) is 12.3. The molecular formula is C21H25N3O5S. The van der Waals surface area contributed by atoms with Crippen molar-refractivity contribution in [1.29, 1.82) is 0 Å². The summed E-state index contributed by atoms with van der Waals surface area (Å²) in [6, 6.07) is 13.7. The van der Waals surface area contributed by atoms with E-state index >= 15 is 0 Å². The van der Waals surface area contributed by atoms with Crippen molar-refractivity contribution < 1.29 is 23.8 Å². The second-order valence-corrected chi connectivity index (χ2v) is 6.53.